The number of sulfonamides is 1. The van der Waals surface area contributed by atoms with Gasteiger partial charge in [-0.2, -0.15) is 4.31 Å². The van der Waals surface area contributed by atoms with E-state index in [1.165, 1.54) is 24.4 Å². The Kier molecular flexibility index (Phi) is 6.29. The monoisotopic (exact) mass is 448 g/mol. The number of nitrogens with one attached hydrogen (secondary N) is 1. The minimum absolute atomic E-state index is 0.0168. The Morgan fingerprint density at radius 1 is 1.16 bits per heavy atom. The van der Waals surface area contributed by atoms with Gasteiger partial charge in [0, 0.05) is 19.2 Å². The number of para-hydroxylation sites is 1. The molecule has 8 nitrogen and oxygen atoms in total. The van der Waals surface area contributed by atoms with E-state index in [0.29, 0.717) is 18.8 Å². The van der Waals surface area contributed by atoms with Crippen LogP contribution in [0, 0.1) is 6.92 Å². The van der Waals surface area contributed by atoms with E-state index < -0.39 is 21.9 Å². The van der Waals surface area contributed by atoms with Crippen molar-refractivity contribution < 1.29 is 27.2 Å². The highest BCUT2D eigenvalue weighted by Crippen LogP contribution is 2.33. The molecule has 0 atom stereocenters. The molecule has 0 radical (unpaired) electrons. The summed E-state index contributed by atoms with van der Waals surface area (Å²) in [6.07, 6.45) is 1.62. The molecule has 1 amide bonds. The molecule has 2 heterocycles. The maximum Gasteiger partial charge on any atom is 0.339 e. The van der Waals surface area contributed by atoms with Crippen molar-refractivity contribution >= 4 is 27.6 Å². The fraction of sp³-hybridized carbons (Fsp3) is 0.455. The number of methoxy groups -OCH3 is 1. The quantitative estimate of drug-likeness (QED) is 0.699. The minimum Gasteiger partial charge on any atom is -0.465 e. The molecule has 168 valence electrons. The summed E-state index contributed by atoms with van der Waals surface area (Å²) in [4.78, 5) is 25.3. The van der Waals surface area contributed by atoms with E-state index in [9.17, 15) is 18.0 Å². The number of carbonyl (C=O) groups excluding carboxylic acids is 2. The van der Waals surface area contributed by atoms with Crippen molar-refractivity contribution in [1.82, 2.24) is 4.31 Å². The molecular weight excluding hydrogens is 420 g/mol. The SMILES string of the molecule is COC(=O)c1cccc(C(C)(C)C)c1NC(=O)c1cc(S(=O)(=O)N2CCCC2)c(C)o1. The van der Waals surface area contributed by atoms with Crippen LogP contribution in [0.1, 0.15) is 65.8 Å². The number of nitrogens with zero attached hydrogens (tertiary/aromatic N) is 1. The van der Waals surface area contributed by atoms with Crippen LogP contribution in [0.3, 0.4) is 0 Å². The van der Waals surface area contributed by atoms with Gasteiger partial charge in [0.25, 0.3) is 5.91 Å². The Labute approximate surface area is 182 Å². The van der Waals surface area contributed by atoms with Crippen LogP contribution < -0.4 is 5.32 Å². The molecule has 0 saturated carbocycles. The number of aryl methyl sites for hydroxylation is 1. The van der Waals surface area contributed by atoms with Gasteiger partial charge in [-0.1, -0.05) is 32.9 Å². The van der Waals surface area contributed by atoms with Crippen molar-refractivity contribution in [3.63, 3.8) is 0 Å². The Bertz CT molecular complexity index is 1110. The van der Waals surface area contributed by atoms with Gasteiger partial charge in [-0.05, 0) is 36.8 Å². The van der Waals surface area contributed by atoms with Gasteiger partial charge in [-0.25, -0.2) is 13.2 Å². The molecule has 1 fully saturated rings. The number of hydrogen-bond acceptors (Lipinski definition) is 6. The summed E-state index contributed by atoms with van der Waals surface area (Å²) < 4.78 is 37.6. The number of carbonyl (C=O) groups is 2. The van der Waals surface area contributed by atoms with E-state index >= 15 is 0 Å². The second-order valence-electron chi connectivity index (χ2n) is 8.57. The molecule has 1 aromatic carbocycles. The Hall–Kier alpha value is -2.65. The number of benzene rings is 1. The van der Waals surface area contributed by atoms with Crippen LogP contribution in [0.4, 0.5) is 5.69 Å². The van der Waals surface area contributed by atoms with E-state index in [4.69, 9.17) is 9.15 Å². The van der Waals surface area contributed by atoms with Crippen LogP contribution in [0.25, 0.3) is 0 Å². The highest BCUT2D eigenvalue weighted by atomic mass is 32.2. The smallest absolute Gasteiger partial charge is 0.339 e. The maximum absolute atomic E-state index is 13.0. The fourth-order valence-electron chi connectivity index (χ4n) is 3.67. The lowest BCUT2D eigenvalue weighted by molar-refractivity contribution is 0.0601. The summed E-state index contributed by atoms with van der Waals surface area (Å²) in [6.45, 7) is 8.29. The highest BCUT2D eigenvalue weighted by molar-refractivity contribution is 7.89. The molecule has 31 heavy (non-hydrogen) atoms. The van der Waals surface area contributed by atoms with E-state index in [-0.39, 0.29) is 27.4 Å². The number of ether oxygens (including phenoxy) is 1. The van der Waals surface area contributed by atoms with Crippen molar-refractivity contribution in [3.8, 4) is 0 Å². The molecule has 3 rings (SSSR count). The zero-order chi connectivity index (χ0) is 23.0. The van der Waals surface area contributed by atoms with Gasteiger partial charge in [-0.15, -0.1) is 0 Å². The molecule has 1 aliphatic heterocycles. The lowest BCUT2D eigenvalue weighted by atomic mass is 9.84. The van der Waals surface area contributed by atoms with Crippen molar-refractivity contribution in [2.24, 2.45) is 0 Å². The molecule has 0 aliphatic carbocycles. The normalized spacial score (nSPS) is 15.1. The van der Waals surface area contributed by atoms with Gasteiger partial charge in [0.15, 0.2) is 5.76 Å². The third kappa shape index (κ3) is 4.52. The fourth-order valence-corrected chi connectivity index (χ4v) is 5.35. The minimum atomic E-state index is -3.73. The molecule has 1 aliphatic rings. The lowest BCUT2D eigenvalue weighted by Crippen LogP contribution is -2.28. The number of furan rings is 1. The van der Waals surface area contributed by atoms with Crippen LogP contribution in [0.2, 0.25) is 0 Å². The predicted octanol–water partition coefficient (Wildman–Crippen LogP) is 3.71. The first-order chi connectivity index (χ1) is 14.5. The van der Waals surface area contributed by atoms with Crippen LogP contribution in [-0.2, 0) is 20.2 Å². The molecule has 0 unspecified atom stereocenters. The lowest BCUT2D eigenvalue weighted by Gasteiger charge is -2.24. The number of esters is 1. The van der Waals surface area contributed by atoms with Crippen LogP contribution in [0.15, 0.2) is 33.6 Å². The van der Waals surface area contributed by atoms with Crippen LogP contribution in [-0.4, -0.2) is 44.8 Å². The number of amides is 1. The molecule has 0 spiro atoms. The predicted molar refractivity (Wildman–Crippen MR) is 116 cm³/mol. The second-order valence-corrected chi connectivity index (χ2v) is 10.5. The third-order valence-corrected chi connectivity index (χ3v) is 7.30. The third-order valence-electron chi connectivity index (χ3n) is 5.30. The standard InChI is InChI=1S/C22H28N2O6S/c1-14-18(31(27,28)24-11-6-7-12-24)13-17(30-14)20(25)23-19-15(21(26)29-5)9-8-10-16(19)22(2,3)4/h8-10,13H,6-7,11-12H2,1-5H3,(H,23,25). The van der Waals surface area contributed by atoms with Crippen molar-refractivity contribution in [2.45, 2.75) is 50.8 Å². The maximum atomic E-state index is 13.0. The average molecular weight is 449 g/mol. The number of hydrogen-bond donors (Lipinski definition) is 1. The first-order valence-corrected chi connectivity index (χ1v) is 11.5. The molecule has 1 aromatic heterocycles. The van der Waals surface area contributed by atoms with E-state index in [0.717, 1.165) is 18.4 Å². The zero-order valence-corrected chi connectivity index (χ0v) is 19.3. The molecular formula is C22H28N2O6S. The van der Waals surface area contributed by atoms with E-state index in [2.05, 4.69) is 5.32 Å². The van der Waals surface area contributed by atoms with Gasteiger partial charge < -0.3 is 14.5 Å². The Balaban J connectivity index is 1.99. The second kappa shape index (κ2) is 8.47. The van der Waals surface area contributed by atoms with Crippen molar-refractivity contribution in [2.75, 3.05) is 25.5 Å². The zero-order valence-electron chi connectivity index (χ0n) is 18.4. The summed E-state index contributed by atoms with van der Waals surface area (Å²) in [5.41, 5.74) is 0.869. The van der Waals surface area contributed by atoms with Gasteiger partial charge in [0.05, 0.1) is 18.4 Å². The summed E-state index contributed by atoms with van der Waals surface area (Å²) in [5.74, 6) is -1.23. The summed E-state index contributed by atoms with van der Waals surface area (Å²) in [5, 5.41) is 2.74. The first-order valence-electron chi connectivity index (χ1n) is 10.1. The molecule has 0 bridgehead atoms. The summed E-state index contributed by atoms with van der Waals surface area (Å²) >= 11 is 0. The Morgan fingerprint density at radius 2 is 1.81 bits per heavy atom. The van der Waals surface area contributed by atoms with Crippen LogP contribution >= 0.6 is 0 Å². The molecule has 1 saturated heterocycles. The molecule has 2 aromatic rings. The molecule has 9 heteroatoms. The highest BCUT2D eigenvalue weighted by Gasteiger charge is 2.32. The Morgan fingerprint density at radius 3 is 2.39 bits per heavy atom. The van der Waals surface area contributed by atoms with Gasteiger partial charge in [0.2, 0.25) is 10.0 Å². The number of anilines is 1. The topological polar surface area (TPSA) is 106 Å². The van der Waals surface area contributed by atoms with Crippen molar-refractivity contribution in [1.29, 1.82) is 0 Å². The average Bonchev–Trinajstić information content (AvgIpc) is 3.37. The van der Waals surface area contributed by atoms with Crippen molar-refractivity contribution in [3.05, 3.63) is 46.9 Å². The summed E-state index contributed by atoms with van der Waals surface area (Å²) in [7, 11) is -2.46. The van der Waals surface area contributed by atoms with Gasteiger partial charge in [0.1, 0.15) is 10.7 Å². The van der Waals surface area contributed by atoms with Gasteiger partial charge in [-0.3, -0.25) is 4.79 Å². The van der Waals surface area contributed by atoms with E-state index in [1.54, 1.807) is 12.1 Å². The first kappa shape index (κ1) is 23.0. The van der Waals surface area contributed by atoms with Crippen LogP contribution in [0.5, 0.6) is 0 Å². The van der Waals surface area contributed by atoms with Gasteiger partial charge >= 0.3 is 5.97 Å². The molecule has 1 N–H and O–H groups in total. The summed E-state index contributed by atoms with van der Waals surface area (Å²) in [6, 6.07) is 6.35. The van der Waals surface area contributed by atoms with E-state index in [1.807, 2.05) is 26.8 Å². The largest absolute Gasteiger partial charge is 0.465 e. The number of rotatable bonds is 5.